The minimum Gasteiger partial charge on any atom is -0.467 e. The van der Waals surface area contributed by atoms with Crippen LogP contribution in [0.1, 0.15) is 22.9 Å². The summed E-state index contributed by atoms with van der Waals surface area (Å²) in [5.74, 6) is 0.852. The lowest BCUT2D eigenvalue weighted by Gasteiger charge is -2.18. The summed E-state index contributed by atoms with van der Waals surface area (Å²) in [7, 11) is 0. The zero-order valence-corrected chi connectivity index (χ0v) is 11.4. The number of nitrogens with zero attached hydrogens (tertiary/aromatic N) is 1. The highest BCUT2D eigenvalue weighted by Crippen LogP contribution is 2.27. The molecular formula is C18H14N2O. The number of rotatable bonds is 4. The second kappa shape index (κ2) is 5.98. The fourth-order valence-corrected chi connectivity index (χ4v) is 2.23. The zero-order valence-electron chi connectivity index (χ0n) is 11.4. The van der Waals surface area contributed by atoms with E-state index < -0.39 is 0 Å². The first-order valence-corrected chi connectivity index (χ1v) is 6.72. The van der Waals surface area contributed by atoms with Crippen molar-refractivity contribution in [1.82, 2.24) is 0 Å². The van der Waals surface area contributed by atoms with Gasteiger partial charge < -0.3 is 9.73 Å². The first-order chi connectivity index (χ1) is 10.4. The van der Waals surface area contributed by atoms with Crippen LogP contribution in [-0.4, -0.2) is 0 Å². The molecule has 0 aliphatic heterocycles. The number of anilines is 1. The number of furan rings is 1. The van der Waals surface area contributed by atoms with Gasteiger partial charge >= 0.3 is 0 Å². The van der Waals surface area contributed by atoms with Crippen molar-refractivity contribution in [2.45, 2.75) is 6.04 Å². The molecule has 3 nitrogen and oxygen atoms in total. The molecule has 0 fully saturated rings. The Bertz CT molecular complexity index is 725. The number of hydrogen-bond donors (Lipinski definition) is 1. The Morgan fingerprint density at radius 3 is 2.29 bits per heavy atom. The van der Waals surface area contributed by atoms with Crippen LogP contribution in [0.2, 0.25) is 0 Å². The van der Waals surface area contributed by atoms with E-state index in [-0.39, 0.29) is 6.04 Å². The third-order valence-electron chi connectivity index (χ3n) is 3.29. The van der Waals surface area contributed by atoms with Crippen LogP contribution in [0.4, 0.5) is 5.69 Å². The van der Waals surface area contributed by atoms with Crippen molar-refractivity contribution in [2.24, 2.45) is 0 Å². The Labute approximate surface area is 123 Å². The topological polar surface area (TPSA) is 49.0 Å². The molecule has 1 unspecified atom stereocenters. The van der Waals surface area contributed by atoms with Crippen molar-refractivity contribution >= 4 is 5.69 Å². The lowest BCUT2D eigenvalue weighted by molar-refractivity contribution is 0.499. The van der Waals surface area contributed by atoms with Crippen molar-refractivity contribution in [3.8, 4) is 6.07 Å². The van der Waals surface area contributed by atoms with Gasteiger partial charge in [-0.25, -0.2) is 0 Å². The minimum atomic E-state index is -0.0610. The van der Waals surface area contributed by atoms with Crippen molar-refractivity contribution in [1.29, 1.82) is 5.26 Å². The quantitative estimate of drug-likeness (QED) is 0.769. The number of hydrogen-bond acceptors (Lipinski definition) is 3. The van der Waals surface area contributed by atoms with E-state index in [4.69, 9.17) is 9.68 Å². The molecule has 21 heavy (non-hydrogen) atoms. The van der Waals surface area contributed by atoms with Crippen molar-refractivity contribution in [2.75, 3.05) is 5.32 Å². The van der Waals surface area contributed by atoms with Crippen LogP contribution >= 0.6 is 0 Å². The average molecular weight is 274 g/mol. The molecular weight excluding hydrogens is 260 g/mol. The fourth-order valence-electron chi connectivity index (χ4n) is 2.23. The number of nitriles is 1. The Morgan fingerprint density at radius 2 is 1.67 bits per heavy atom. The molecule has 102 valence electrons. The minimum absolute atomic E-state index is 0.0610. The van der Waals surface area contributed by atoms with Gasteiger partial charge in [-0.05, 0) is 42.0 Å². The fraction of sp³-hybridized carbons (Fsp3) is 0.0556. The van der Waals surface area contributed by atoms with Crippen molar-refractivity contribution in [3.05, 3.63) is 89.9 Å². The first kappa shape index (κ1) is 13.0. The van der Waals surface area contributed by atoms with Gasteiger partial charge in [0, 0.05) is 5.69 Å². The van der Waals surface area contributed by atoms with Crippen molar-refractivity contribution < 1.29 is 4.42 Å². The van der Waals surface area contributed by atoms with Crippen LogP contribution in [0.15, 0.2) is 77.4 Å². The summed E-state index contributed by atoms with van der Waals surface area (Å²) in [6.07, 6.45) is 1.67. The highest BCUT2D eigenvalue weighted by molar-refractivity contribution is 5.50. The second-order valence-corrected chi connectivity index (χ2v) is 4.69. The van der Waals surface area contributed by atoms with Gasteiger partial charge in [0.2, 0.25) is 0 Å². The Kier molecular flexibility index (Phi) is 3.70. The maximum absolute atomic E-state index is 8.85. The van der Waals surface area contributed by atoms with E-state index in [1.807, 2.05) is 42.5 Å². The van der Waals surface area contributed by atoms with E-state index in [0.717, 1.165) is 17.0 Å². The molecule has 3 aromatic rings. The SMILES string of the molecule is N#Cc1ccc(NC(c2ccccc2)c2ccco2)cc1. The molecule has 0 aliphatic carbocycles. The predicted octanol–water partition coefficient (Wildman–Crippen LogP) is 4.35. The molecule has 1 atom stereocenters. The molecule has 0 saturated heterocycles. The largest absolute Gasteiger partial charge is 0.467 e. The number of benzene rings is 2. The Morgan fingerprint density at radius 1 is 0.905 bits per heavy atom. The van der Waals surface area contributed by atoms with Gasteiger partial charge in [-0.3, -0.25) is 0 Å². The molecule has 0 spiro atoms. The van der Waals surface area contributed by atoms with Crippen molar-refractivity contribution in [3.63, 3.8) is 0 Å². The molecule has 1 aromatic heterocycles. The van der Waals surface area contributed by atoms with Crippen LogP contribution in [0.3, 0.4) is 0 Å². The lowest BCUT2D eigenvalue weighted by atomic mass is 10.0. The van der Waals surface area contributed by atoms with Gasteiger partial charge in [-0.1, -0.05) is 30.3 Å². The van der Waals surface area contributed by atoms with Crippen LogP contribution in [-0.2, 0) is 0 Å². The van der Waals surface area contributed by atoms with Crippen LogP contribution in [0.5, 0.6) is 0 Å². The van der Waals surface area contributed by atoms with Gasteiger partial charge in [0.1, 0.15) is 11.8 Å². The molecule has 0 saturated carbocycles. The summed E-state index contributed by atoms with van der Waals surface area (Å²) in [6, 6.07) is 23.4. The summed E-state index contributed by atoms with van der Waals surface area (Å²) < 4.78 is 5.55. The molecule has 0 aliphatic rings. The number of nitrogens with one attached hydrogen (secondary N) is 1. The van der Waals surface area contributed by atoms with Gasteiger partial charge in [0.25, 0.3) is 0 Å². The van der Waals surface area contributed by atoms with Crippen LogP contribution in [0.25, 0.3) is 0 Å². The standard InChI is InChI=1S/C18H14N2O/c19-13-14-8-10-16(11-9-14)20-18(17-7-4-12-21-17)15-5-2-1-3-6-15/h1-12,18,20H. The van der Waals surface area contributed by atoms with E-state index in [2.05, 4.69) is 23.5 Å². The Hall–Kier alpha value is -2.99. The molecule has 0 amide bonds. The molecule has 0 radical (unpaired) electrons. The zero-order chi connectivity index (χ0) is 14.5. The van der Waals surface area contributed by atoms with Gasteiger partial charge in [-0.15, -0.1) is 0 Å². The molecule has 3 heteroatoms. The summed E-state index contributed by atoms with van der Waals surface area (Å²) in [6.45, 7) is 0. The highest BCUT2D eigenvalue weighted by atomic mass is 16.3. The summed E-state index contributed by atoms with van der Waals surface area (Å²) in [5, 5.41) is 12.3. The molecule has 1 heterocycles. The second-order valence-electron chi connectivity index (χ2n) is 4.69. The van der Waals surface area contributed by atoms with Gasteiger partial charge in [0.05, 0.1) is 17.9 Å². The van der Waals surface area contributed by atoms with E-state index >= 15 is 0 Å². The van der Waals surface area contributed by atoms with Crippen LogP contribution < -0.4 is 5.32 Å². The summed E-state index contributed by atoms with van der Waals surface area (Å²) in [4.78, 5) is 0. The molecule has 0 bridgehead atoms. The van der Waals surface area contributed by atoms with Gasteiger partial charge in [0.15, 0.2) is 0 Å². The normalized spacial score (nSPS) is 11.6. The highest BCUT2D eigenvalue weighted by Gasteiger charge is 2.16. The molecule has 3 rings (SSSR count). The van der Waals surface area contributed by atoms with E-state index in [0.29, 0.717) is 5.56 Å². The molecule has 1 N–H and O–H groups in total. The van der Waals surface area contributed by atoms with E-state index in [9.17, 15) is 0 Å². The predicted molar refractivity (Wildman–Crippen MR) is 81.8 cm³/mol. The third kappa shape index (κ3) is 2.96. The van der Waals surface area contributed by atoms with E-state index in [1.54, 1.807) is 18.4 Å². The van der Waals surface area contributed by atoms with Crippen LogP contribution in [0, 0.1) is 11.3 Å². The maximum Gasteiger partial charge on any atom is 0.130 e. The summed E-state index contributed by atoms with van der Waals surface area (Å²) in [5.41, 5.74) is 2.71. The average Bonchev–Trinajstić information content (AvgIpc) is 3.08. The monoisotopic (exact) mass is 274 g/mol. The summed E-state index contributed by atoms with van der Waals surface area (Å²) >= 11 is 0. The van der Waals surface area contributed by atoms with Gasteiger partial charge in [-0.2, -0.15) is 5.26 Å². The first-order valence-electron chi connectivity index (χ1n) is 6.72. The maximum atomic E-state index is 8.85. The third-order valence-corrected chi connectivity index (χ3v) is 3.29. The van der Waals surface area contributed by atoms with E-state index in [1.165, 1.54) is 0 Å². The molecule has 2 aromatic carbocycles. The lowest BCUT2D eigenvalue weighted by Crippen LogP contribution is -2.11. The smallest absolute Gasteiger partial charge is 0.130 e. The Balaban J connectivity index is 1.91.